The Kier molecular flexibility index (Phi) is 5.28. The number of esters is 1. The first-order valence-electron chi connectivity index (χ1n) is 7.89. The minimum absolute atomic E-state index is 0.179. The SMILES string of the molecule is CC(C)(C)OC(=O)C(Br)c1cc(F)cc2c1CC(C(C)(C)F)CO2. The van der Waals surface area contributed by atoms with E-state index in [0.717, 1.165) is 0 Å². The number of alkyl halides is 2. The standard InChI is InChI=1S/C18H23BrF2O3/c1-17(2,3)24-16(22)15(19)13-7-11(20)8-14-12(13)6-10(9-23-14)18(4,5)21/h7-8,10,15H,6,9H2,1-5H3. The van der Waals surface area contributed by atoms with Crippen LogP contribution in [0.15, 0.2) is 12.1 Å². The number of ether oxygens (including phenoxy) is 2. The maximum Gasteiger partial charge on any atom is 0.324 e. The van der Waals surface area contributed by atoms with Crippen LogP contribution in [0.5, 0.6) is 5.75 Å². The smallest absolute Gasteiger partial charge is 0.324 e. The summed E-state index contributed by atoms with van der Waals surface area (Å²) in [5, 5.41) is 0. The third-order valence-electron chi connectivity index (χ3n) is 3.96. The molecule has 2 rings (SSSR count). The van der Waals surface area contributed by atoms with Gasteiger partial charge in [0.1, 0.15) is 27.7 Å². The Hall–Kier alpha value is -1.17. The van der Waals surface area contributed by atoms with Crippen molar-refractivity contribution in [2.24, 2.45) is 5.92 Å². The van der Waals surface area contributed by atoms with Gasteiger partial charge in [0.2, 0.25) is 0 Å². The van der Waals surface area contributed by atoms with Crippen molar-refractivity contribution in [1.29, 1.82) is 0 Å². The Morgan fingerprint density at radius 2 is 1.96 bits per heavy atom. The van der Waals surface area contributed by atoms with E-state index in [1.807, 2.05) is 0 Å². The molecule has 0 bridgehead atoms. The normalized spacial score (nSPS) is 19.2. The Morgan fingerprint density at radius 3 is 2.50 bits per heavy atom. The second-order valence-corrected chi connectivity index (χ2v) is 8.56. The molecule has 1 heterocycles. The highest BCUT2D eigenvalue weighted by Gasteiger charge is 2.37. The van der Waals surface area contributed by atoms with Crippen LogP contribution in [-0.2, 0) is 16.0 Å². The lowest BCUT2D eigenvalue weighted by Crippen LogP contribution is -2.36. The predicted octanol–water partition coefficient (Wildman–Crippen LogP) is 4.90. The molecule has 0 aromatic heterocycles. The van der Waals surface area contributed by atoms with Gasteiger partial charge in [0.25, 0.3) is 0 Å². The summed E-state index contributed by atoms with van der Waals surface area (Å²) in [5.74, 6) is -1.03. The van der Waals surface area contributed by atoms with Gasteiger partial charge in [-0.1, -0.05) is 15.9 Å². The molecule has 2 unspecified atom stereocenters. The lowest BCUT2D eigenvalue weighted by atomic mass is 9.83. The van der Waals surface area contributed by atoms with E-state index in [-0.39, 0.29) is 12.5 Å². The summed E-state index contributed by atoms with van der Waals surface area (Å²) >= 11 is 3.30. The topological polar surface area (TPSA) is 35.5 Å². The maximum absolute atomic E-state index is 14.3. The van der Waals surface area contributed by atoms with E-state index in [4.69, 9.17) is 9.47 Å². The second-order valence-electron chi connectivity index (χ2n) is 7.64. The summed E-state index contributed by atoms with van der Waals surface area (Å²) in [5.41, 5.74) is -1.02. The molecule has 0 saturated heterocycles. The number of rotatable bonds is 3. The number of benzene rings is 1. The van der Waals surface area contributed by atoms with Gasteiger partial charge in [-0.2, -0.15) is 0 Å². The van der Waals surface area contributed by atoms with Crippen LogP contribution in [0.2, 0.25) is 0 Å². The van der Waals surface area contributed by atoms with Crippen LogP contribution in [0.25, 0.3) is 0 Å². The van der Waals surface area contributed by atoms with Crippen LogP contribution in [0.3, 0.4) is 0 Å². The highest BCUT2D eigenvalue weighted by atomic mass is 79.9. The quantitative estimate of drug-likeness (QED) is 0.530. The van der Waals surface area contributed by atoms with Gasteiger partial charge in [0, 0.05) is 12.0 Å². The van der Waals surface area contributed by atoms with Crippen molar-refractivity contribution in [3.8, 4) is 5.75 Å². The molecule has 0 saturated carbocycles. The summed E-state index contributed by atoms with van der Waals surface area (Å²) in [6, 6.07) is 2.55. The molecule has 0 radical (unpaired) electrons. The predicted molar refractivity (Wildman–Crippen MR) is 91.8 cm³/mol. The Bertz CT molecular complexity index is 632. The lowest BCUT2D eigenvalue weighted by molar-refractivity contribution is -0.154. The van der Waals surface area contributed by atoms with Crippen LogP contribution in [0.4, 0.5) is 8.78 Å². The molecule has 0 fully saturated rings. The molecule has 0 N–H and O–H groups in total. The monoisotopic (exact) mass is 404 g/mol. The highest BCUT2D eigenvalue weighted by molar-refractivity contribution is 9.09. The van der Waals surface area contributed by atoms with Gasteiger partial charge in [-0.3, -0.25) is 4.79 Å². The van der Waals surface area contributed by atoms with Gasteiger partial charge >= 0.3 is 5.97 Å². The van der Waals surface area contributed by atoms with E-state index in [2.05, 4.69) is 15.9 Å². The highest BCUT2D eigenvalue weighted by Crippen LogP contribution is 2.40. The third kappa shape index (κ3) is 4.47. The fourth-order valence-electron chi connectivity index (χ4n) is 2.62. The number of halogens is 3. The van der Waals surface area contributed by atoms with E-state index in [0.29, 0.717) is 23.3 Å². The molecule has 0 spiro atoms. The average Bonchev–Trinajstić information content (AvgIpc) is 2.42. The van der Waals surface area contributed by atoms with Crippen LogP contribution < -0.4 is 4.74 Å². The summed E-state index contributed by atoms with van der Waals surface area (Å²) in [7, 11) is 0. The molecule has 6 heteroatoms. The van der Waals surface area contributed by atoms with Gasteiger partial charge in [0.05, 0.1) is 6.61 Å². The van der Waals surface area contributed by atoms with Crippen molar-refractivity contribution >= 4 is 21.9 Å². The minimum atomic E-state index is -1.43. The van der Waals surface area contributed by atoms with Crippen molar-refractivity contribution in [1.82, 2.24) is 0 Å². The molecule has 24 heavy (non-hydrogen) atoms. The molecule has 1 aliphatic heterocycles. The zero-order valence-electron chi connectivity index (χ0n) is 14.6. The zero-order chi connectivity index (χ0) is 18.3. The van der Waals surface area contributed by atoms with Gasteiger partial charge < -0.3 is 9.47 Å². The summed E-state index contributed by atoms with van der Waals surface area (Å²) in [4.78, 5) is 11.5. The van der Waals surface area contributed by atoms with E-state index in [1.165, 1.54) is 26.0 Å². The van der Waals surface area contributed by atoms with E-state index in [9.17, 15) is 13.6 Å². The number of carbonyl (C=O) groups excluding carboxylic acids is 1. The molecular formula is C18H23BrF2O3. The Morgan fingerprint density at radius 1 is 1.33 bits per heavy atom. The Labute approximate surface area is 149 Å². The van der Waals surface area contributed by atoms with Crippen molar-refractivity contribution in [2.45, 2.75) is 57.1 Å². The van der Waals surface area contributed by atoms with Crippen molar-refractivity contribution in [3.63, 3.8) is 0 Å². The molecule has 1 aromatic carbocycles. The molecule has 3 nitrogen and oxygen atoms in total. The van der Waals surface area contributed by atoms with Crippen molar-refractivity contribution in [3.05, 3.63) is 29.1 Å². The molecular weight excluding hydrogens is 382 g/mol. The molecule has 0 amide bonds. The van der Waals surface area contributed by atoms with E-state index in [1.54, 1.807) is 20.8 Å². The number of hydrogen-bond donors (Lipinski definition) is 0. The van der Waals surface area contributed by atoms with Crippen LogP contribution >= 0.6 is 15.9 Å². The lowest BCUT2D eigenvalue weighted by Gasteiger charge is -2.33. The number of hydrogen-bond acceptors (Lipinski definition) is 3. The molecule has 1 aliphatic rings. The van der Waals surface area contributed by atoms with Crippen LogP contribution in [-0.4, -0.2) is 23.8 Å². The fourth-order valence-corrected chi connectivity index (χ4v) is 3.12. The fraction of sp³-hybridized carbons (Fsp3) is 0.611. The number of fused-ring (bicyclic) bond motifs is 1. The van der Waals surface area contributed by atoms with Gasteiger partial charge in [-0.05, 0) is 58.2 Å². The minimum Gasteiger partial charge on any atom is -0.493 e. The zero-order valence-corrected chi connectivity index (χ0v) is 16.2. The Balaban J connectivity index is 2.37. The van der Waals surface area contributed by atoms with Crippen LogP contribution in [0, 0.1) is 11.7 Å². The number of carbonyl (C=O) groups is 1. The average molecular weight is 405 g/mol. The molecule has 134 valence electrons. The van der Waals surface area contributed by atoms with Crippen molar-refractivity contribution in [2.75, 3.05) is 6.61 Å². The summed E-state index contributed by atoms with van der Waals surface area (Å²) < 4.78 is 39.1. The summed E-state index contributed by atoms with van der Waals surface area (Å²) in [6.07, 6.45) is 0.374. The van der Waals surface area contributed by atoms with Crippen LogP contribution in [0.1, 0.15) is 50.6 Å². The first kappa shape index (κ1) is 19.2. The molecule has 1 aromatic rings. The van der Waals surface area contributed by atoms with Crippen molar-refractivity contribution < 1.29 is 23.0 Å². The largest absolute Gasteiger partial charge is 0.493 e. The van der Waals surface area contributed by atoms with Gasteiger partial charge in [-0.25, -0.2) is 8.78 Å². The summed E-state index contributed by atoms with van der Waals surface area (Å²) in [6.45, 7) is 8.45. The first-order chi connectivity index (χ1) is 10.9. The first-order valence-corrected chi connectivity index (χ1v) is 8.81. The maximum atomic E-state index is 14.3. The molecule has 0 aliphatic carbocycles. The van der Waals surface area contributed by atoms with E-state index < -0.39 is 27.9 Å². The van der Waals surface area contributed by atoms with Gasteiger partial charge in [-0.15, -0.1) is 0 Å². The van der Waals surface area contributed by atoms with Gasteiger partial charge in [0.15, 0.2) is 0 Å². The molecule has 2 atom stereocenters. The second kappa shape index (κ2) is 6.62. The van der Waals surface area contributed by atoms with E-state index >= 15 is 0 Å². The third-order valence-corrected chi connectivity index (χ3v) is 4.82.